The Hall–Kier alpha value is -4.34. The highest BCUT2D eigenvalue weighted by Crippen LogP contribution is 2.25. The van der Waals surface area contributed by atoms with Crippen molar-refractivity contribution in [3.8, 4) is 28.3 Å². The summed E-state index contributed by atoms with van der Waals surface area (Å²) in [5, 5.41) is 18.6. The Morgan fingerprint density at radius 2 is 1.81 bits per heavy atom. The second kappa shape index (κ2) is 9.96. The average molecular weight is 498 g/mol. The van der Waals surface area contributed by atoms with E-state index in [1.54, 1.807) is 17.0 Å². The van der Waals surface area contributed by atoms with Gasteiger partial charge in [-0.15, -0.1) is 5.10 Å². The van der Waals surface area contributed by atoms with E-state index >= 15 is 0 Å². The minimum atomic E-state index is -0.254. The molecule has 0 unspecified atom stereocenters. The van der Waals surface area contributed by atoms with E-state index in [0.717, 1.165) is 53.2 Å². The Morgan fingerprint density at radius 3 is 2.57 bits per heavy atom. The molecule has 190 valence electrons. The highest BCUT2D eigenvalue weighted by atomic mass is 16.1. The van der Waals surface area contributed by atoms with Crippen LogP contribution in [0.1, 0.15) is 51.9 Å². The molecule has 1 N–H and O–H groups in total. The summed E-state index contributed by atoms with van der Waals surface area (Å²) in [6, 6.07) is 13.9. The summed E-state index contributed by atoms with van der Waals surface area (Å²) in [6.07, 6.45) is 8.34. The zero-order chi connectivity index (χ0) is 26.0. The Bertz CT molecular complexity index is 1550. The predicted molar refractivity (Wildman–Crippen MR) is 141 cm³/mol. The zero-order valence-electron chi connectivity index (χ0n) is 21.6. The fourth-order valence-corrected chi connectivity index (χ4v) is 4.45. The van der Waals surface area contributed by atoms with Crippen molar-refractivity contribution in [2.45, 2.75) is 59.0 Å². The van der Waals surface area contributed by atoms with E-state index in [1.807, 2.05) is 57.9 Å². The normalized spacial score (nSPS) is 11.8. The second-order valence-electron chi connectivity index (χ2n) is 10.1. The molecule has 10 heteroatoms. The number of aromatic nitrogens is 9. The lowest BCUT2D eigenvalue weighted by Gasteiger charge is -2.22. The summed E-state index contributed by atoms with van der Waals surface area (Å²) in [7, 11) is 0. The summed E-state index contributed by atoms with van der Waals surface area (Å²) < 4.78 is 5.43. The lowest BCUT2D eigenvalue weighted by molar-refractivity contribution is 0.351. The van der Waals surface area contributed by atoms with Crippen molar-refractivity contribution in [2.24, 2.45) is 0 Å². The molecule has 4 aromatic heterocycles. The summed E-state index contributed by atoms with van der Waals surface area (Å²) in [5.41, 5.74) is 4.37. The molecule has 0 atom stereocenters. The number of H-pyrrole nitrogens is 1. The maximum atomic E-state index is 13.7. The molecule has 0 aliphatic rings. The average Bonchev–Trinajstić information content (AvgIpc) is 3.65. The lowest BCUT2D eigenvalue weighted by Crippen LogP contribution is -2.30. The summed E-state index contributed by atoms with van der Waals surface area (Å²) >= 11 is 0. The van der Waals surface area contributed by atoms with Gasteiger partial charge in [-0.2, -0.15) is 5.10 Å². The fraction of sp³-hybridized carbons (Fsp3) is 0.333. The lowest BCUT2D eigenvalue weighted by atomic mass is 10.0. The molecule has 10 nitrogen and oxygen atoms in total. The van der Waals surface area contributed by atoms with Gasteiger partial charge >= 0.3 is 5.69 Å². The third kappa shape index (κ3) is 5.00. The SMILES string of the molecule is CCCCc1cn(-c2ccnn2C(C)(C)C)c(=O)n1Cc1cc(-c2cccc(-c3nnn[nH]3)c2)ccn1. The summed E-state index contributed by atoms with van der Waals surface area (Å²) in [5.74, 6) is 1.37. The van der Waals surface area contributed by atoms with Gasteiger partial charge in [-0.25, -0.2) is 14.6 Å². The fourth-order valence-electron chi connectivity index (χ4n) is 4.45. The largest absolute Gasteiger partial charge is 0.334 e. The number of pyridine rings is 1. The first-order chi connectivity index (χ1) is 17.8. The van der Waals surface area contributed by atoms with Gasteiger partial charge in [0.2, 0.25) is 0 Å². The molecule has 0 spiro atoms. The number of nitrogens with one attached hydrogen (secondary N) is 1. The Balaban J connectivity index is 1.51. The van der Waals surface area contributed by atoms with Crippen LogP contribution in [0, 0.1) is 0 Å². The molecule has 0 saturated carbocycles. The number of nitrogens with zero attached hydrogens (tertiary/aromatic N) is 8. The van der Waals surface area contributed by atoms with Crippen LogP contribution in [0.4, 0.5) is 0 Å². The number of tetrazole rings is 1. The van der Waals surface area contributed by atoms with Gasteiger partial charge in [0.05, 0.1) is 24.0 Å². The molecule has 4 heterocycles. The van der Waals surface area contributed by atoms with Crippen LogP contribution in [0.25, 0.3) is 28.3 Å². The van der Waals surface area contributed by atoms with E-state index in [1.165, 1.54) is 0 Å². The minimum Gasteiger partial charge on any atom is -0.290 e. The minimum absolute atomic E-state index is 0.0934. The van der Waals surface area contributed by atoms with Crippen LogP contribution in [0.3, 0.4) is 0 Å². The number of hydrogen-bond acceptors (Lipinski definition) is 6. The molecule has 5 rings (SSSR count). The molecule has 0 amide bonds. The molecule has 0 radical (unpaired) electrons. The van der Waals surface area contributed by atoms with Crippen LogP contribution in [0.2, 0.25) is 0 Å². The maximum Gasteiger partial charge on any atom is 0.334 e. The van der Waals surface area contributed by atoms with Gasteiger partial charge in [0.15, 0.2) is 5.82 Å². The number of imidazole rings is 1. The molecule has 0 aliphatic carbocycles. The summed E-state index contributed by atoms with van der Waals surface area (Å²) in [4.78, 5) is 18.3. The van der Waals surface area contributed by atoms with Crippen molar-refractivity contribution in [2.75, 3.05) is 0 Å². The third-order valence-corrected chi connectivity index (χ3v) is 6.30. The number of rotatable bonds is 8. The second-order valence-corrected chi connectivity index (χ2v) is 10.1. The first-order valence-electron chi connectivity index (χ1n) is 12.5. The van der Waals surface area contributed by atoms with Crippen LogP contribution in [-0.4, -0.2) is 44.5 Å². The quantitative estimate of drug-likeness (QED) is 0.343. The van der Waals surface area contributed by atoms with Crippen LogP contribution >= 0.6 is 0 Å². The van der Waals surface area contributed by atoms with Crippen molar-refractivity contribution in [3.63, 3.8) is 0 Å². The van der Waals surface area contributed by atoms with Crippen LogP contribution < -0.4 is 5.69 Å². The van der Waals surface area contributed by atoms with Crippen LogP contribution in [0.15, 0.2) is 65.8 Å². The molecular formula is C27H31N9O. The highest BCUT2D eigenvalue weighted by molar-refractivity contribution is 5.70. The van der Waals surface area contributed by atoms with E-state index in [2.05, 4.69) is 58.4 Å². The predicted octanol–water partition coefficient (Wildman–Crippen LogP) is 4.22. The molecule has 37 heavy (non-hydrogen) atoms. The number of unbranched alkanes of at least 4 members (excludes halogenated alkanes) is 1. The van der Waals surface area contributed by atoms with Crippen LogP contribution in [-0.2, 0) is 18.5 Å². The van der Waals surface area contributed by atoms with E-state index in [0.29, 0.717) is 12.4 Å². The molecule has 0 fully saturated rings. The number of aryl methyl sites for hydroxylation is 1. The van der Waals surface area contributed by atoms with Gasteiger partial charge in [-0.3, -0.25) is 14.1 Å². The number of hydrogen-bond donors (Lipinski definition) is 1. The summed E-state index contributed by atoms with van der Waals surface area (Å²) in [6.45, 7) is 8.77. The Labute approximate surface area is 215 Å². The van der Waals surface area contributed by atoms with Crippen molar-refractivity contribution >= 4 is 0 Å². The smallest absolute Gasteiger partial charge is 0.290 e. The van der Waals surface area contributed by atoms with E-state index < -0.39 is 0 Å². The van der Waals surface area contributed by atoms with Gasteiger partial charge < -0.3 is 0 Å². The van der Waals surface area contributed by atoms with Gasteiger partial charge in [0, 0.05) is 29.7 Å². The highest BCUT2D eigenvalue weighted by Gasteiger charge is 2.22. The first kappa shape index (κ1) is 24.4. The molecule has 0 saturated heterocycles. The van der Waals surface area contributed by atoms with E-state index in [9.17, 15) is 4.79 Å². The van der Waals surface area contributed by atoms with Crippen molar-refractivity contribution in [1.82, 2.24) is 44.5 Å². The van der Waals surface area contributed by atoms with Gasteiger partial charge in [-0.05, 0) is 73.4 Å². The number of aromatic amines is 1. The molecule has 0 aliphatic heterocycles. The Morgan fingerprint density at radius 1 is 1.00 bits per heavy atom. The molecular weight excluding hydrogens is 466 g/mol. The van der Waals surface area contributed by atoms with Gasteiger partial charge in [-0.1, -0.05) is 31.5 Å². The molecule has 0 bridgehead atoms. The zero-order valence-corrected chi connectivity index (χ0v) is 21.6. The van der Waals surface area contributed by atoms with Crippen LogP contribution in [0.5, 0.6) is 0 Å². The topological polar surface area (TPSA) is 112 Å². The number of benzene rings is 1. The molecule has 1 aromatic carbocycles. The van der Waals surface area contributed by atoms with Crippen molar-refractivity contribution in [1.29, 1.82) is 0 Å². The van der Waals surface area contributed by atoms with Gasteiger partial charge in [0.25, 0.3) is 0 Å². The maximum absolute atomic E-state index is 13.7. The monoisotopic (exact) mass is 497 g/mol. The van der Waals surface area contributed by atoms with Gasteiger partial charge in [0.1, 0.15) is 5.82 Å². The van der Waals surface area contributed by atoms with E-state index in [-0.39, 0.29) is 11.2 Å². The molecule has 5 aromatic rings. The van der Waals surface area contributed by atoms with E-state index in [4.69, 9.17) is 0 Å². The first-order valence-corrected chi connectivity index (χ1v) is 12.5. The third-order valence-electron chi connectivity index (χ3n) is 6.30. The van der Waals surface area contributed by atoms with Crippen molar-refractivity contribution < 1.29 is 0 Å². The Kier molecular flexibility index (Phi) is 6.56. The standard InChI is InChI=1S/C27H31N9O/c1-5-6-10-23-18-35(24-12-14-29-36(24)27(2,3)4)26(37)34(23)17-22-16-20(11-13-28-22)19-8-7-9-21(15-19)25-30-32-33-31-25/h7-9,11-16,18H,5-6,10,17H2,1-4H3,(H,30,31,32,33). The van der Waals surface area contributed by atoms with Crippen molar-refractivity contribution in [3.05, 3.63) is 82.9 Å².